The van der Waals surface area contributed by atoms with E-state index in [-0.39, 0.29) is 16.1 Å². The van der Waals surface area contributed by atoms with Gasteiger partial charge < -0.3 is 5.11 Å². The molecule has 8 nitrogen and oxygen atoms in total. The molecule has 0 bridgehead atoms. The lowest BCUT2D eigenvalue weighted by atomic mass is 10.2. The second kappa shape index (κ2) is 7.93. The van der Waals surface area contributed by atoms with Crippen molar-refractivity contribution in [3.05, 3.63) is 91.1 Å². The van der Waals surface area contributed by atoms with Gasteiger partial charge in [-0.3, -0.25) is 14.6 Å². The van der Waals surface area contributed by atoms with E-state index in [2.05, 4.69) is 15.5 Å². The Morgan fingerprint density at radius 1 is 1.18 bits per heavy atom. The van der Waals surface area contributed by atoms with Crippen molar-refractivity contribution in [3.63, 3.8) is 0 Å². The van der Waals surface area contributed by atoms with E-state index in [0.717, 1.165) is 10.8 Å². The number of nitrogens with one attached hydrogen (secondary N) is 2. The van der Waals surface area contributed by atoms with Crippen LogP contribution in [0.4, 0.5) is 0 Å². The van der Waals surface area contributed by atoms with E-state index in [4.69, 9.17) is 11.6 Å². The minimum atomic E-state index is -0.844. The molecule has 0 aliphatic heterocycles. The summed E-state index contributed by atoms with van der Waals surface area (Å²) in [6, 6.07) is 13.2. The molecule has 2 aromatic carbocycles. The standard InChI is InChI=1S/C19H15ClN4O4/c1-11-6-2-5-9-15(11)24-18(27)13(16(25)22-19(24)28)10-21-23-17(26)12-7-3-4-8-14(12)20/h2-10,27H,1H3,(H,23,26)(H,22,25,28)/b21-10-. The van der Waals surface area contributed by atoms with Crippen LogP contribution in [0.15, 0.2) is 63.2 Å². The number of hydrogen-bond donors (Lipinski definition) is 3. The van der Waals surface area contributed by atoms with Crippen LogP contribution in [-0.4, -0.2) is 26.8 Å². The minimum absolute atomic E-state index is 0.198. The molecule has 0 saturated heterocycles. The van der Waals surface area contributed by atoms with E-state index in [1.165, 1.54) is 6.07 Å². The fraction of sp³-hybridized carbons (Fsp3) is 0.0526. The summed E-state index contributed by atoms with van der Waals surface area (Å²) in [4.78, 5) is 38.5. The molecule has 0 radical (unpaired) electrons. The molecule has 0 aliphatic rings. The number of para-hydroxylation sites is 1. The average molecular weight is 399 g/mol. The van der Waals surface area contributed by atoms with Crippen molar-refractivity contribution in [2.75, 3.05) is 0 Å². The van der Waals surface area contributed by atoms with Crippen LogP contribution in [0.25, 0.3) is 5.69 Å². The zero-order valence-corrected chi connectivity index (χ0v) is 15.4. The number of hydrogen-bond acceptors (Lipinski definition) is 5. The van der Waals surface area contributed by atoms with Gasteiger partial charge in [-0.05, 0) is 30.7 Å². The molecule has 3 aromatic rings. The monoisotopic (exact) mass is 398 g/mol. The molecule has 0 atom stereocenters. The Balaban J connectivity index is 1.96. The van der Waals surface area contributed by atoms with E-state index in [0.29, 0.717) is 11.3 Å². The normalized spacial score (nSPS) is 10.9. The Kier molecular flexibility index (Phi) is 5.42. The molecule has 1 heterocycles. The molecular formula is C19H15ClN4O4. The van der Waals surface area contributed by atoms with Crippen molar-refractivity contribution in [2.45, 2.75) is 6.92 Å². The topological polar surface area (TPSA) is 117 Å². The fourth-order valence-electron chi connectivity index (χ4n) is 2.55. The Morgan fingerprint density at radius 2 is 1.86 bits per heavy atom. The highest BCUT2D eigenvalue weighted by molar-refractivity contribution is 6.33. The first-order valence-corrected chi connectivity index (χ1v) is 8.50. The maximum atomic E-state index is 12.2. The van der Waals surface area contributed by atoms with Crippen molar-refractivity contribution in [1.82, 2.24) is 15.0 Å². The van der Waals surface area contributed by atoms with Crippen LogP contribution in [0, 0.1) is 6.92 Å². The number of carbonyl (C=O) groups excluding carboxylic acids is 1. The number of rotatable bonds is 4. The van der Waals surface area contributed by atoms with Gasteiger partial charge in [-0.25, -0.2) is 14.8 Å². The Hall–Kier alpha value is -3.65. The molecule has 3 N–H and O–H groups in total. The molecule has 0 aliphatic carbocycles. The van der Waals surface area contributed by atoms with Crippen molar-refractivity contribution < 1.29 is 9.90 Å². The molecule has 3 rings (SSSR count). The van der Waals surface area contributed by atoms with Crippen molar-refractivity contribution in [3.8, 4) is 11.6 Å². The SMILES string of the molecule is Cc1ccccc1-n1c(O)c(/C=N\NC(=O)c2ccccc2Cl)c(=O)[nH]c1=O. The first-order valence-electron chi connectivity index (χ1n) is 8.12. The molecule has 9 heteroatoms. The van der Waals surface area contributed by atoms with Gasteiger partial charge in [-0.15, -0.1) is 0 Å². The zero-order chi connectivity index (χ0) is 20.3. The number of amides is 1. The maximum absolute atomic E-state index is 12.2. The van der Waals surface area contributed by atoms with Gasteiger partial charge in [0.05, 0.1) is 22.5 Å². The molecule has 1 amide bonds. The third kappa shape index (κ3) is 3.72. The third-order valence-electron chi connectivity index (χ3n) is 3.96. The van der Waals surface area contributed by atoms with E-state index in [1.54, 1.807) is 49.4 Å². The van der Waals surface area contributed by atoms with Crippen LogP contribution in [0.2, 0.25) is 5.02 Å². The number of aromatic nitrogens is 2. The minimum Gasteiger partial charge on any atom is -0.493 e. The molecular weight excluding hydrogens is 384 g/mol. The van der Waals surface area contributed by atoms with Crippen molar-refractivity contribution in [2.24, 2.45) is 5.10 Å². The highest BCUT2D eigenvalue weighted by Gasteiger charge is 2.15. The predicted molar refractivity (Wildman–Crippen MR) is 106 cm³/mol. The summed E-state index contributed by atoms with van der Waals surface area (Å²) in [7, 11) is 0. The van der Waals surface area contributed by atoms with Crippen LogP contribution >= 0.6 is 11.6 Å². The Labute approximate surface area is 163 Å². The molecule has 142 valence electrons. The van der Waals surface area contributed by atoms with Crippen LogP contribution in [0.1, 0.15) is 21.5 Å². The number of aromatic hydroxyl groups is 1. The molecule has 28 heavy (non-hydrogen) atoms. The average Bonchev–Trinajstić information content (AvgIpc) is 2.66. The number of carbonyl (C=O) groups is 1. The molecule has 1 aromatic heterocycles. The Morgan fingerprint density at radius 3 is 2.57 bits per heavy atom. The summed E-state index contributed by atoms with van der Waals surface area (Å²) in [5.74, 6) is -1.19. The smallest absolute Gasteiger partial charge is 0.335 e. The second-order valence-electron chi connectivity index (χ2n) is 5.80. The van der Waals surface area contributed by atoms with Crippen LogP contribution in [-0.2, 0) is 0 Å². The molecule has 0 spiro atoms. The van der Waals surface area contributed by atoms with Crippen LogP contribution < -0.4 is 16.7 Å². The summed E-state index contributed by atoms with van der Waals surface area (Å²) < 4.78 is 0.952. The number of aromatic amines is 1. The van der Waals surface area contributed by atoms with Gasteiger partial charge in [0.1, 0.15) is 5.56 Å². The van der Waals surface area contributed by atoms with Gasteiger partial charge >= 0.3 is 5.69 Å². The largest absolute Gasteiger partial charge is 0.493 e. The lowest BCUT2D eigenvalue weighted by molar-refractivity contribution is 0.0955. The highest BCUT2D eigenvalue weighted by Crippen LogP contribution is 2.18. The first-order chi connectivity index (χ1) is 13.4. The van der Waals surface area contributed by atoms with Crippen LogP contribution in [0.3, 0.4) is 0 Å². The summed E-state index contributed by atoms with van der Waals surface area (Å²) in [5.41, 5.74) is 1.60. The first kappa shape index (κ1) is 19.1. The van der Waals surface area contributed by atoms with Gasteiger partial charge in [0.15, 0.2) is 0 Å². The van der Waals surface area contributed by atoms with Gasteiger partial charge in [0.2, 0.25) is 5.88 Å². The lowest BCUT2D eigenvalue weighted by Crippen LogP contribution is -2.32. The quantitative estimate of drug-likeness (QED) is 0.460. The number of nitrogens with zero attached hydrogens (tertiary/aromatic N) is 2. The van der Waals surface area contributed by atoms with Crippen molar-refractivity contribution >= 4 is 23.7 Å². The van der Waals surface area contributed by atoms with Gasteiger partial charge in [-0.2, -0.15) is 5.10 Å². The van der Waals surface area contributed by atoms with E-state index >= 15 is 0 Å². The second-order valence-corrected chi connectivity index (χ2v) is 6.20. The molecule has 0 saturated carbocycles. The molecule has 0 unspecified atom stereocenters. The highest BCUT2D eigenvalue weighted by atomic mass is 35.5. The van der Waals surface area contributed by atoms with E-state index in [9.17, 15) is 19.5 Å². The number of H-pyrrole nitrogens is 1. The third-order valence-corrected chi connectivity index (χ3v) is 4.29. The molecule has 0 fully saturated rings. The zero-order valence-electron chi connectivity index (χ0n) is 14.6. The number of aryl methyl sites for hydroxylation is 1. The van der Waals surface area contributed by atoms with Gasteiger partial charge in [0, 0.05) is 0 Å². The number of benzene rings is 2. The lowest BCUT2D eigenvalue weighted by Gasteiger charge is -2.11. The van der Waals surface area contributed by atoms with Crippen LogP contribution in [0.5, 0.6) is 5.88 Å². The van der Waals surface area contributed by atoms with Crippen molar-refractivity contribution in [1.29, 1.82) is 0 Å². The predicted octanol–water partition coefficient (Wildman–Crippen LogP) is 1.96. The summed E-state index contributed by atoms with van der Waals surface area (Å²) in [5, 5.41) is 14.4. The fourth-order valence-corrected chi connectivity index (χ4v) is 2.78. The van der Waals surface area contributed by atoms with Gasteiger partial charge in [0.25, 0.3) is 11.5 Å². The van der Waals surface area contributed by atoms with E-state index < -0.39 is 23.0 Å². The summed E-state index contributed by atoms with van der Waals surface area (Å²) >= 11 is 5.94. The Bertz CT molecular complexity index is 1200. The summed E-state index contributed by atoms with van der Waals surface area (Å²) in [6.07, 6.45) is 0.955. The van der Waals surface area contributed by atoms with Gasteiger partial charge in [-0.1, -0.05) is 41.9 Å². The van der Waals surface area contributed by atoms with E-state index in [1.807, 2.05) is 0 Å². The maximum Gasteiger partial charge on any atom is 0.335 e. The summed E-state index contributed by atoms with van der Waals surface area (Å²) in [6.45, 7) is 1.75. The number of hydrazone groups is 1. The number of halogens is 1.